The predicted octanol–water partition coefficient (Wildman–Crippen LogP) is 0.694. The van der Waals surface area contributed by atoms with Crippen LogP contribution in [0.25, 0.3) is 0 Å². The van der Waals surface area contributed by atoms with E-state index in [4.69, 9.17) is 0 Å². The Hall–Kier alpha value is -1.53. The third-order valence-electron chi connectivity index (χ3n) is 3.99. The number of nitrogens with one attached hydrogen (secondary N) is 1. The maximum Gasteiger partial charge on any atom is 0.259 e. The van der Waals surface area contributed by atoms with Crippen LogP contribution in [0.4, 0.5) is 8.78 Å². The number of hydrogen-bond acceptors (Lipinski definition) is 3. The van der Waals surface area contributed by atoms with Crippen molar-refractivity contribution in [1.29, 1.82) is 0 Å². The topological polar surface area (TPSA) is 35.6 Å². The number of carbonyl (C=O) groups is 1. The lowest BCUT2D eigenvalue weighted by Crippen LogP contribution is -2.64. The molecule has 0 radical (unpaired) electrons. The molecule has 2 aliphatic rings. The SMILES string of the molecule is O=C(c1c(F)cccc1F)N1CC(N2CCNCC2)C1. The highest BCUT2D eigenvalue weighted by Gasteiger charge is 2.37. The van der Waals surface area contributed by atoms with E-state index < -0.39 is 23.1 Å². The monoisotopic (exact) mass is 281 g/mol. The molecule has 1 amide bonds. The molecular weight excluding hydrogens is 264 g/mol. The molecule has 0 spiro atoms. The Morgan fingerprint density at radius 1 is 1.15 bits per heavy atom. The van der Waals surface area contributed by atoms with Gasteiger partial charge in [-0.1, -0.05) is 6.07 Å². The van der Waals surface area contributed by atoms with E-state index in [2.05, 4.69) is 10.2 Å². The Morgan fingerprint density at radius 2 is 1.75 bits per heavy atom. The standard InChI is InChI=1S/C14H17F2N3O/c15-11-2-1-3-12(16)13(11)14(20)19-8-10(9-19)18-6-4-17-5-7-18/h1-3,10,17H,4-9H2. The third kappa shape index (κ3) is 2.41. The molecular formula is C14H17F2N3O. The van der Waals surface area contributed by atoms with E-state index in [0.29, 0.717) is 19.1 Å². The van der Waals surface area contributed by atoms with Gasteiger partial charge in [0.05, 0.1) is 0 Å². The first-order valence-electron chi connectivity index (χ1n) is 6.85. The second kappa shape index (κ2) is 5.46. The molecule has 1 aromatic rings. The lowest BCUT2D eigenvalue weighted by Gasteiger charge is -2.46. The summed E-state index contributed by atoms with van der Waals surface area (Å²) in [6.07, 6.45) is 0. The number of carbonyl (C=O) groups excluding carboxylic acids is 1. The van der Waals surface area contributed by atoms with Gasteiger partial charge in [-0.15, -0.1) is 0 Å². The minimum absolute atomic E-state index is 0.316. The molecule has 0 bridgehead atoms. The highest BCUT2D eigenvalue weighted by molar-refractivity contribution is 5.95. The van der Waals surface area contributed by atoms with Gasteiger partial charge in [0.25, 0.3) is 5.91 Å². The van der Waals surface area contributed by atoms with Crippen molar-refractivity contribution < 1.29 is 13.6 Å². The second-order valence-electron chi connectivity index (χ2n) is 5.25. The van der Waals surface area contributed by atoms with Gasteiger partial charge in [0.15, 0.2) is 0 Å². The van der Waals surface area contributed by atoms with Gasteiger partial charge in [0.2, 0.25) is 0 Å². The average Bonchev–Trinajstić information content (AvgIpc) is 2.38. The minimum atomic E-state index is -0.791. The van der Waals surface area contributed by atoms with E-state index in [1.54, 1.807) is 0 Å². The van der Waals surface area contributed by atoms with Crippen LogP contribution in [0.2, 0.25) is 0 Å². The van der Waals surface area contributed by atoms with Crippen LogP contribution in [-0.2, 0) is 0 Å². The summed E-state index contributed by atoms with van der Waals surface area (Å²) >= 11 is 0. The van der Waals surface area contributed by atoms with Gasteiger partial charge < -0.3 is 10.2 Å². The van der Waals surface area contributed by atoms with Crippen molar-refractivity contribution in [3.63, 3.8) is 0 Å². The van der Waals surface area contributed by atoms with Gasteiger partial charge in [-0.25, -0.2) is 8.78 Å². The van der Waals surface area contributed by atoms with Gasteiger partial charge >= 0.3 is 0 Å². The van der Waals surface area contributed by atoms with Crippen molar-refractivity contribution in [2.45, 2.75) is 6.04 Å². The number of halogens is 2. The van der Waals surface area contributed by atoms with Crippen molar-refractivity contribution in [3.05, 3.63) is 35.4 Å². The summed E-state index contributed by atoms with van der Waals surface area (Å²) in [5.74, 6) is -2.13. The highest BCUT2D eigenvalue weighted by atomic mass is 19.1. The normalized spacial score (nSPS) is 20.8. The van der Waals surface area contributed by atoms with Gasteiger partial charge in [0.1, 0.15) is 17.2 Å². The Balaban J connectivity index is 1.63. The van der Waals surface area contributed by atoms with Crippen LogP contribution in [0.5, 0.6) is 0 Å². The summed E-state index contributed by atoms with van der Waals surface area (Å²) in [7, 11) is 0. The highest BCUT2D eigenvalue weighted by Crippen LogP contribution is 2.21. The molecule has 0 aromatic heterocycles. The molecule has 4 nitrogen and oxygen atoms in total. The molecule has 108 valence electrons. The number of likely N-dealkylation sites (tertiary alicyclic amines) is 1. The second-order valence-corrected chi connectivity index (χ2v) is 5.25. The number of nitrogens with zero attached hydrogens (tertiary/aromatic N) is 2. The molecule has 0 aliphatic carbocycles. The first-order chi connectivity index (χ1) is 9.66. The molecule has 2 heterocycles. The summed E-state index contributed by atoms with van der Waals surface area (Å²) in [6, 6.07) is 3.81. The van der Waals surface area contributed by atoms with Crippen LogP contribution in [0, 0.1) is 11.6 Å². The maximum absolute atomic E-state index is 13.6. The average molecular weight is 281 g/mol. The molecule has 3 rings (SSSR count). The summed E-state index contributed by atoms with van der Waals surface area (Å²) in [6.45, 7) is 4.92. The smallest absolute Gasteiger partial charge is 0.259 e. The Morgan fingerprint density at radius 3 is 2.35 bits per heavy atom. The Bertz CT molecular complexity index is 491. The number of amides is 1. The number of piperazine rings is 1. The number of benzene rings is 1. The summed E-state index contributed by atoms with van der Waals surface area (Å²) in [4.78, 5) is 15.9. The first-order valence-corrected chi connectivity index (χ1v) is 6.85. The van der Waals surface area contributed by atoms with Gasteiger partial charge in [-0.2, -0.15) is 0 Å². The molecule has 2 saturated heterocycles. The zero-order valence-corrected chi connectivity index (χ0v) is 11.1. The predicted molar refractivity (Wildman–Crippen MR) is 70.5 cm³/mol. The summed E-state index contributed by atoms with van der Waals surface area (Å²) in [5.41, 5.74) is -0.439. The van der Waals surface area contributed by atoms with Crippen LogP contribution < -0.4 is 5.32 Å². The Labute approximate surface area is 116 Å². The van der Waals surface area contributed by atoms with E-state index >= 15 is 0 Å². The molecule has 0 atom stereocenters. The van der Waals surface area contributed by atoms with Crippen LogP contribution in [0.1, 0.15) is 10.4 Å². The van der Waals surface area contributed by atoms with Crippen LogP contribution in [-0.4, -0.2) is 61.0 Å². The molecule has 2 aliphatic heterocycles. The molecule has 0 unspecified atom stereocenters. The largest absolute Gasteiger partial charge is 0.335 e. The summed E-state index contributed by atoms with van der Waals surface area (Å²) in [5, 5.41) is 3.27. The minimum Gasteiger partial charge on any atom is -0.335 e. The fourth-order valence-electron chi connectivity index (χ4n) is 2.76. The zero-order valence-electron chi connectivity index (χ0n) is 11.1. The lowest BCUT2D eigenvalue weighted by atomic mass is 10.0. The van der Waals surface area contributed by atoms with E-state index in [9.17, 15) is 13.6 Å². The fraction of sp³-hybridized carbons (Fsp3) is 0.500. The molecule has 6 heteroatoms. The van der Waals surface area contributed by atoms with Crippen molar-refractivity contribution in [3.8, 4) is 0 Å². The molecule has 2 fully saturated rings. The van der Waals surface area contributed by atoms with E-state index in [0.717, 1.165) is 38.3 Å². The van der Waals surface area contributed by atoms with Gasteiger partial charge in [0, 0.05) is 45.3 Å². The molecule has 1 aromatic carbocycles. The van der Waals surface area contributed by atoms with Gasteiger partial charge in [-0.3, -0.25) is 9.69 Å². The number of rotatable bonds is 2. The van der Waals surface area contributed by atoms with Crippen LogP contribution in [0.15, 0.2) is 18.2 Å². The van der Waals surface area contributed by atoms with Crippen molar-refractivity contribution >= 4 is 5.91 Å². The van der Waals surface area contributed by atoms with E-state index in [1.165, 1.54) is 11.0 Å². The quantitative estimate of drug-likeness (QED) is 0.866. The maximum atomic E-state index is 13.6. The molecule has 1 N–H and O–H groups in total. The summed E-state index contributed by atoms with van der Waals surface area (Å²) < 4.78 is 27.1. The zero-order chi connectivity index (χ0) is 14.1. The number of hydrogen-bond donors (Lipinski definition) is 1. The van der Waals surface area contributed by atoms with Crippen LogP contribution in [0.3, 0.4) is 0 Å². The van der Waals surface area contributed by atoms with E-state index in [1.807, 2.05) is 0 Å². The van der Waals surface area contributed by atoms with Gasteiger partial charge in [-0.05, 0) is 12.1 Å². The van der Waals surface area contributed by atoms with Crippen molar-refractivity contribution in [2.24, 2.45) is 0 Å². The van der Waals surface area contributed by atoms with Crippen molar-refractivity contribution in [2.75, 3.05) is 39.3 Å². The molecule has 20 heavy (non-hydrogen) atoms. The van der Waals surface area contributed by atoms with Crippen LogP contribution >= 0.6 is 0 Å². The first kappa shape index (κ1) is 13.5. The third-order valence-corrected chi connectivity index (χ3v) is 3.99. The molecule has 0 saturated carbocycles. The Kier molecular flexibility index (Phi) is 3.67. The fourth-order valence-corrected chi connectivity index (χ4v) is 2.76. The van der Waals surface area contributed by atoms with E-state index in [-0.39, 0.29) is 0 Å². The lowest BCUT2D eigenvalue weighted by molar-refractivity contribution is 0.0220. The van der Waals surface area contributed by atoms with Crippen molar-refractivity contribution in [1.82, 2.24) is 15.1 Å².